The molecule has 3 rings (SSSR count). The lowest BCUT2D eigenvalue weighted by Gasteiger charge is -2.20. The Bertz CT molecular complexity index is 606. The Labute approximate surface area is 126 Å². The molecule has 1 N–H and O–H groups in total. The van der Waals surface area contributed by atoms with Crippen LogP contribution in [0.5, 0.6) is 0 Å². The van der Waals surface area contributed by atoms with Crippen LogP contribution in [0.15, 0.2) is 42.5 Å². The van der Waals surface area contributed by atoms with Crippen molar-refractivity contribution in [2.45, 2.75) is 32.2 Å². The molecule has 0 saturated carbocycles. The molecule has 0 bridgehead atoms. The molecule has 2 aromatic carbocycles. The average molecular weight is 286 g/mol. The summed E-state index contributed by atoms with van der Waals surface area (Å²) in [4.78, 5) is 0. The SMILES string of the molecule is CCNC(c1cccc(Cl)c1)c1ccc2c(c1)CCC2. The number of hydrogen-bond acceptors (Lipinski definition) is 1. The van der Waals surface area contributed by atoms with Crippen LogP contribution in [0.25, 0.3) is 0 Å². The molecule has 20 heavy (non-hydrogen) atoms. The van der Waals surface area contributed by atoms with Gasteiger partial charge >= 0.3 is 0 Å². The maximum Gasteiger partial charge on any atom is 0.0577 e. The van der Waals surface area contributed by atoms with Gasteiger partial charge in [0.15, 0.2) is 0 Å². The van der Waals surface area contributed by atoms with Gasteiger partial charge in [-0.15, -0.1) is 0 Å². The molecule has 2 heteroatoms. The number of fused-ring (bicyclic) bond motifs is 1. The summed E-state index contributed by atoms with van der Waals surface area (Å²) in [5.74, 6) is 0. The monoisotopic (exact) mass is 285 g/mol. The Hall–Kier alpha value is -1.31. The predicted molar refractivity (Wildman–Crippen MR) is 85.4 cm³/mol. The Morgan fingerprint density at radius 2 is 1.85 bits per heavy atom. The lowest BCUT2D eigenvalue weighted by atomic mass is 9.95. The second-order valence-corrected chi connectivity index (χ2v) is 5.86. The Kier molecular flexibility index (Phi) is 4.09. The molecular formula is C18H20ClN. The van der Waals surface area contributed by atoms with Gasteiger partial charge < -0.3 is 5.32 Å². The van der Waals surface area contributed by atoms with Crippen molar-refractivity contribution in [3.63, 3.8) is 0 Å². The van der Waals surface area contributed by atoms with Crippen molar-refractivity contribution in [2.24, 2.45) is 0 Å². The number of hydrogen-bond donors (Lipinski definition) is 1. The number of nitrogens with one attached hydrogen (secondary N) is 1. The molecule has 0 saturated heterocycles. The van der Waals surface area contributed by atoms with Gasteiger partial charge in [-0.1, -0.05) is 48.9 Å². The lowest BCUT2D eigenvalue weighted by molar-refractivity contribution is 0.630. The maximum absolute atomic E-state index is 6.14. The summed E-state index contributed by atoms with van der Waals surface area (Å²) in [5, 5.41) is 4.37. The van der Waals surface area contributed by atoms with Crippen LogP contribution in [-0.2, 0) is 12.8 Å². The Morgan fingerprint density at radius 1 is 1.05 bits per heavy atom. The van der Waals surface area contributed by atoms with Gasteiger partial charge in [-0.05, 0) is 60.2 Å². The first-order chi connectivity index (χ1) is 9.78. The first-order valence-corrected chi connectivity index (χ1v) is 7.76. The number of aryl methyl sites for hydroxylation is 2. The molecule has 1 aliphatic rings. The summed E-state index contributed by atoms with van der Waals surface area (Å²) in [5.41, 5.74) is 5.62. The van der Waals surface area contributed by atoms with E-state index in [9.17, 15) is 0 Å². The molecule has 0 heterocycles. The molecule has 1 aliphatic carbocycles. The highest BCUT2D eigenvalue weighted by molar-refractivity contribution is 6.30. The second-order valence-electron chi connectivity index (χ2n) is 5.43. The summed E-state index contributed by atoms with van der Waals surface area (Å²) in [6, 6.07) is 15.3. The molecule has 0 spiro atoms. The van der Waals surface area contributed by atoms with E-state index in [2.05, 4.69) is 42.6 Å². The van der Waals surface area contributed by atoms with E-state index in [1.165, 1.54) is 41.5 Å². The highest BCUT2D eigenvalue weighted by atomic mass is 35.5. The van der Waals surface area contributed by atoms with E-state index in [-0.39, 0.29) is 6.04 Å². The Morgan fingerprint density at radius 3 is 2.65 bits per heavy atom. The third-order valence-corrected chi connectivity index (χ3v) is 4.28. The van der Waals surface area contributed by atoms with Gasteiger partial charge in [-0.3, -0.25) is 0 Å². The Balaban J connectivity index is 1.98. The minimum Gasteiger partial charge on any atom is -0.307 e. The molecule has 0 amide bonds. The van der Waals surface area contributed by atoms with Crippen molar-refractivity contribution in [3.8, 4) is 0 Å². The first-order valence-electron chi connectivity index (χ1n) is 7.38. The van der Waals surface area contributed by atoms with Crippen molar-refractivity contribution in [1.82, 2.24) is 5.32 Å². The average Bonchev–Trinajstić information content (AvgIpc) is 2.92. The third-order valence-electron chi connectivity index (χ3n) is 4.05. The smallest absolute Gasteiger partial charge is 0.0577 e. The van der Waals surface area contributed by atoms with E-state index in [0.29, 0.717) is 0 Å². The fourth-order valence-electron chi connectivity index (χ4n) is 3.09. The molecular weight excluding hydrogens is 266 g/mol. The predicted octanol–water partition coefficient (Wildman–Crippen LogP) is 4.53. The molecule has 1 unspecified atom stereocenters. The van der Waals surface area contributed by atoms with E-state index < -0.39 is 0 Å². The van der Waals surface area contributed by atoms with Gasteiger partial charge in [0.2, 0.25) is 0 Å². The second kappa shape index (κ2) is 5.99. The summed E-state index contributed by atoms with van der Waals surface area (Å²) in [6.07, 6.45) is 3.75. The quantitative estimate of drug-likeness (QED) is 0.870. The zero-order valence-corrected chi connectivity index (χ0v) is 12.6. The largest absolute Gasteiger partial charge is 0.307 e. The number of halogens is 1. The van der Waals surface area contributed by atoms with Crippen LogP contribution < -0.4 is 5.32 Å². The van der Waals surface area contributed by atoms with Crippen LogP contribution in [0.1, 0.15) is 41.6 Å². The minimum atomic E-state index is 0.226. The highest BCUT2D eigenvalue weighted by Gasteiger charge is 2.17. The van der Waals surface area contributed by atoms with Crippen molar-refractivity contribution >= 4 is 11.6 Å². The van der Waals surface area contributed by atoms with Gasteiger partial charge in [0.05, 0.1) is 6.04 Å². The van der Waals surface area contributed by atoms with Crippen molar-refractivity contribution in [2.75, 3.05) is 6.54 Å². The van der Waals surface area contributed by atoms with E-state index in [0.717, 1.165) is 11.6 Å². The summed E-state index contributed by atoms with van der Waals surface area (Å²) in [6.45, 7) is 3.08. The topological polar surface area (TPSA) is 12.0 Å². The number of rotatable bonds is 4. The van der Waals surface area contributed by atoms with Crippen molar-refractivity contribution in [1.29, 1.82) is 0 Å². The van der Waals surface area contributed by atoms with Gasteiger partial charge in [0.25, 0.3) is 0 Å². The van der Waals surface area contributed by atoms with Crippen LogP contribution in [0, 0.1) is 0 Å². The number of benzene rings is 2. The van der Waals surface area contributed by atoms with Gasteiger partial charge in [0.1, 0.15) is 0 Å². The van der Waals surface area contributed by atoms with E-state index in [1.54, 1.807) is 0 Å². The summed E-state index contributed by atoms with van der Waals surface area (Å²) in [7, 11) is 0. The van der Waals surface area contributed by atoms with Gasteiger partial charge in [-0.2, -0.15) is 0 Å². The van der Waals surface area contributed by atoms with Crippen molar-refractivity contribution in [3.05, 3.63) is 69.7 Å². The van der Waals surface area contributed by atoms with Crippen LogP contribution >= 0.6 is 11.6 Å². The first kappa shape index (κ1) is 13.7. The third kappa shape index (κ3) is 2.74. The minimum absolute atomic E-state index is 0.226. The molecule has 0 aliphatic heterocycles. The van der Waals surface area contributed by atoms with Crippen LogP contribution in [-0.4, -0.2) is 6.54 Å². The zero-order chi connectivity index (χ0) is 13.9. The van der Waals surface area contributed by atoms with E-state index in [1.807, 2.05) is 12.1 Å². The molecule has 1 atom stereocenters. The highest BCUT2D eigenvalue weighted by Crippen LogP contribution is 2.29. The van der Waals surface area contributed by atoms with E-state index in [4.69, 9.17) is 11.6 Å². The normalized spacial score (nSPS) is 15.1. The summed E-state index contributed by atoms with van der Waals surface area (Å²) >= 11 is 6.14. The molecule has 0 aromatic heterocycles. The molecule has 0 radical (unpaired) electrons. The fourth-order valence-corrected chi connectivity index (χ4v) is 3.29. The lowest BCUT2D eigenvalue weighted by Crippen LogP contribution is -2.22. The zero-order valence-electron chi connectivity index (χ0n) is 11.8. The van der Waals surface area contributed by atoms with Crippen LogP contribution in [0.3, 0.4) is 0 Å². The molecule has 104 valence electrons. The molecule has 1 nitrogen and oxygen atoms in total. The maximum atomic E-state index is 6.14. The fraction of sp³-hybridized carbons (Fsp3) is 0.333. The standard InChI is InChI=1S/C18H20ClN/c1-2-20-18(15-7-4-8-17(19)12-15)16-10-9-13-5-3-6-14(13)11-16/h4,7-12,18,20H,2-3,5-6H2,1H3. The summed E-state index contributed by atoms with van der Waals surface area (Å²) < 4.78 is 0. The van der Waals surface area contributed by atoms with Crippen LogP contribution in [0.4, 0.5) is 0 Å². The van der Waals surface area contributed by atoms with E-state index >= 15 is 0 Å². The van der Waals surface area contributed by atoms with Crippen molar-refractivity contribution < 1.29 is 0 Å². The van der Waals surface area contributed by atoms with Gasteiger partial charge in [0, 0.05) is 5.02 Å². The van der Waals surface area contributed by atoms with Crippen LogP contribution in [0.2, 0.25) is 5.02 Å². The molecule has 0 fully saturated rings. The molecule has 2 aromatic rings. The van der Waals surface area contributed by atoms with Gasteiger partial charge in [-0.25, -0.2) is 0 Å².